The first-order chi connectivity index (χ1) is 13.5. The highest BCUT2D eigenvalue weighted by molar-refractivity contribution is 5.93. The third-order valence-electron chi connectivity index (χ3n) is 5.05. The molecule has 1 aliphatic carbocycles. The summed E-state index contributed by atoms with van der Waals surface area (Å²) in [5.41, 5.74) is 4.43. The Balaban J connectivity index is 1.67. The summed E-state index contributed by atoms with van der Waals surface area (Å²) in [6, 6.07) is 17.4. The predicted octanol–water partition coefficient (Wildman–Crippen LogP) is 4.78. The minimum Gasteiger partial charge on any atom is -0.507 e. The molecule has 1 aliphatic rings. The van der Waals surface area contributed by atoms with Crippen molar-refractivity contribution in [2.24, 2.45) is 5.92 Å². The normalized spacial score (nSPS) is 13.7. The molecule has 0 aliphatic heterocycles. The van der Waals surface area contributed by atoms with E-state index in [1.165, 1.54) is 24.1 Å². The molecule has 1 amide bonds. The van der Waals surface area contributed by atoms with Crippen molar-refractivity contribution in [3.8, 4) is 17.0 Å². The van der Waals surface area contributed by atoms with Crippen molar-refractivity contribution in [1.82, 2.24) is 9.78 Å². The van der Waals surface area contributed by atoms with Crippen LogP contribution in [-0.2, 0) is 11.3 Å². The summed E-state index contributed by atoms with van der Waals surface area (Å²) >= 11 is 0. The van der Waals surface area contributed by atoms with E-state index in [0.29, 0.717) is 23.7 Å². The van der Waals surface area contributed by atoms with Gasteiger partial charge in [-0.3, -0.25) is 9.48 Å². The molecule has 0 radical (unpaired) electrons. The molecule has 4 rings (SSSR count). The standard InChI is InChI=1S/C23H25N3O2/c1-15(2)23(28)24-18-10-11-22(27)19(12-18)20-13-21(17-8-9-17)26(25-20)14-16-6-4-3-5-7-16/h3-7,10-13,15,17,27H,8-9,14H2,1-2H3,(H,24,28). The molecule has 0 saturated heterocycles. The molecule has 1 heterocycles. The van der Waals surface area contributed by atoms with Gasteiger partial charge in [0.05, 0.1) is 12.2 Å². The van der Waals surface area contributed by atoms with Crippen LogP contribution in [0.25, 0.3) is 11.3 Å². The van der Waals surface area contributed by atoms with Gasteiger partial charge in [-0.2, -0.15) is 5.10 Å². The van der Waals surface area contributed by atoms with E-state index in [2.05, 4.69) is 23.5 Å². The van der Waals surface area contributed by atoms with Gasteiger partial charge in [-0.15, -0.1) is 0 Å². The van der Waals surface area contributed by atoms with Crippen LogP contribution in [0.3, 0.4) is 0 Å². The smallest absolute Gasteiger partial charge is 0.226 e. The van der Waals surface area contributed by atoms with Crippen LogP contribution in [0.4, 0.5) is 5.69 Å². The number of hydrogen-bond acceptors (Lipinski definition) is 3. The van der Waals surface area contributed by atoms with Crippen LogP contribution in [0.5, 0.6) is 5.75 Å². The molecule has 0 spiro atoms. The first-order valence-electron chi connectivity index (χ1n) is 9.77. The lowest BCUT2D eigenvalue weighted by Gasteiger charge is -2.10. The molecule has 2 aromatic carbocycles. The van der Waals surface area contributed by atoms with Gasteiger partial charge in [-0.05, 0) is 42.7 Å². The van der Waals surface area contributed by atoms with Crippen LogP contribution < -0.4 is 5.32 Å². The van der Waals surface area contributed by atoms with Crippen LogP contribution in [-0.4, -0.2) is 20.8 Å². The van der Waals surface area contributed by atoms with Gasteiger partial charge in [-0.25, -0.2) is 0 Å². The molecule has 0 unspecified atom stereocenters. The van der Waals surface area contributed by atoms with Crippen LogP contribution in [0.2, 0.25) is 0 Å². The fraction of sp³-hybridized carbons (Fsp3) is 0.304. The average molecular weight is 375 g/mol. The second kappa shape index (κ2) is 7.50. The molecule has 1 fully saturated rings. The van der Waals surface area contributed by atoms with Crippen LogP contribution in [0.15, 0.2) is 54.6 Å². The van der Waals surface area contributed by atoms with E-state index in [1.54, 1.807) is 18.2 Å². The number of phenols is 1. The Morgan fingerprint density at radius 2 is 1.93 bits per heavy atom. The van der Waals surface area contributed by atoms with E-state index in [0.717, 1.165) is 5.69 Å². The average Bonchev–Trinajstić information content (AvgIpc) is 3.45. The van der Waals surface area contributed by atoms with Gasteiger partial charge in [-0.1, -0.05) is 44.2 Å². The SMILES string of the molecule is CC(C)C(=O)Nc1ccc(O)c(-c2cc(C3CC3)n(Cc3ccccc3)n2)c1. The molecule has 5 nitrogen and oxygen atoms in total. The Morgan fingerprint density at radius 1 is 1.18 bits per heavy atom. The number of aromatic hydroxyl groups is 1. The molecule has 1 saturated carbocycles. The van der Waals surface area contributed by atoms with E-state index in [9.17, 15) is 9.90 Å². The maximum atomic E-state index is 12.0. The molecular formula is C23H25N3O2. The largest absolute Gasteiger partial charge is 0.507 e. The van der Waals surface area contributed by atoms with Crippen molar-refractivity contribution in [2.45, 2.75) is 39.2 Å². The lowest BCUT2D eigenvalue weighted by atomic mass is 10.1. The van der Waals surface area contributed by atoms with E-state index < -0.39 is 0 Å². The summed E-state index contributed by atoms with van der Waals surface area (Å²) in [4.78, 5) is 12.0. The van der Waals surface area contributed by atoms with Gasteiger partial charge in [0, 0.05) is 28.8 Å². The summed E-state index contributed by atoms with van der Waals surface area (Å²) in [7, 11) is 0. The van der Waals surface area contributed by atoms with Gasteiger partial charge in [0.1, 0.15) is 5.75 Å². The zero-order chi connectivity index (χ0) is 19.7. The topological polar surface area (TPSA) is 67.2 Å². The van der Waals surface area contributed by atoms with Crippen LogP contribution >= 0.6 is 0 Å². The highest BCUT2D eigenvalue weighted by Crippen LogP contribution is 2.42. The summed E-state index contributed by atoms with van der Waals surface area (Å²) in [5, 5.41) is 18.1. The molecule has 2 N–H and O–H groups in total. The minimum atomic E-state index is -0.108. The van der Waals surface area contributed by atoms with Crippen molar-refractivity contribution >= 4 is 11.6 Å². The molecule has 5 heteroatoms. The fourth-order valence-electron chi connectivity index (χ4n) is 3.26. The molecule has 0 bridgehead atoms. The van der Waals surface area contributed by atoms with E-state index >= 15 is 0 Å². The number of benzene rings is 2. The number of nitrogens with one attached hydrogen (secondary N) is 1. The molecule has 3 aromatic rings. The zero-order valence-electron chi connectivity index (χ0n) is 16.2. The van der Waals surface area contributed by atoms with Crippen molar-refractivity contribution in [2.75, 3.05) is 5.32 Å². The second-order valence-electron chi connectivity index (χ2n) is 7.75. The first kappa shape index (κ1) is 18.3. The van der Waals surface area contributed by atoms with Gasteiger partial charge >= 0.3 is 0 Å². The Labute approximate surface area is 165 Å². The van der Waals surface area contributed by atoms with Gasteiger partial charge < -0.3 is 10.4 Å². The van der Waals surface area contributed by atoms with E-state index in [4.69, 9.17) is 5.10 Å². The number of carbonyl (C=O) groups excluding carboxylic acids is 1. The molecule has 144 valence electrons. The van der Waals surface area contributed by atoms with Crippen molar-refractivity contribution in [3.63, 3.8) is 0 Å². The van der Waals surface area contributed by atoms with Gasteiger partial charge in [0.25, 0.3) is 0 Å². The predicted molar refractivity (Wildman–Crippen MR) is 110 cm³/mol. The monoisotopic (exact) mass is 375 g/mol. The zero-order valence-corrected chi connectivity index (χ0v) is 16.2. The Morgan fingerprint density at radius 3 is 2.61 bits per heavy atom. The number of anilines is 1. The number of hydrogen-bond donors (Lipinski definition) is 2. The lowest BCUT2D eigenvalue weighted by molar-refractivity contribution is -0.118. The fourth-order valence-corrected chi connectivity index (χ4v) is 3.26. The second-order valence-corrected chi connectivity index (χ2v) is 7.75. The number of carbonyl (C=O) groups is 1. The van der Waals surface area contributed by atoms with Crippen LogP contribution in [0, 0.1) is 5.92 Å². The van der Waals surface area contributed by atoms with E-state index in [-0.39, 0.29) is 17.6 Å². The third kappa shape index (κ3) is 3.93. The Bertz CT molecular complexity index is 988. The number of rotatable bonds is 6. The number of nitrogens with zero attached hydrogens (tertiary/aromatic N) is 2. The highest BCUT2D eigenvalue weighted by Gasteiger charge is 2.28. The van der Waals surface area contributed by atoms with Gasteiger partial charge in [0.15, 0.2) is 0 Å². The number of phenolic OH excluding ortho intramolecular Hbond substituents is 1. The third-order valence-corrected chi connectivity index (χ3v) is 5.05. The number of amides is 1. The van der Waals surface area contributed by atoms with Crippen LogP contribution in [0.1, 0.15) is 43.9 Å². The Kier molecular flexibility index (Phi) is 4.90. The quantitative estimate of drug-likeness (QED) is 0.610. The first-order valence-corrected chi connectivity index (χ1v) is 9.77. The molecule has 1 aromatic heterocycles. The maximum Gasteiger partial charge on any atom is 0.226 e. The van der Waals surface area contributed by atoms with Gasteiger partial charge in [0.2, 0.25) is 5.91 Å². The molecular weight excluding hydrogens is 350 g/mol. The minimum absolute atomic E-state index is 0.0510. The molecule has 0 atom stereocenters. The maximum absolute atomic E-state index is 12.0. The Hall–Kier alpha value is -3.08. The molecule has 28 heavy (non-hydrogen) atoms. The summed E-state index contributed by atoms with van der Waals surface area (Å²) < 4.78 is 2.04. The van der Waals surface area contributed by atoms with Crippen molar-refractivity contribution in [1.29, 1.82) is 0 Å². The summed E-state index contributed by atoms with van der Waals surface area (Å²) in [6.07, 6.45) is 2.35. The van der Waals surface area contributed by atoms with E-state index in [1.807, 2.05) is 36.7 Å². The van der Waals surface area contributed by atoms with Crippen molar-refractivity contribution in [3.05, 3.63) is 65.9 Å². The van der Waals surface area contributed by atoms with Crippen molar-refractivity contribution < 1.29 is 9.90 Å². The number of aromatic nitrogens is 2. The lowest BCUT2D eigenvalue weighted by Crippen LogP contribution is -2.17. The summed E-state index contributed by atoms with van der Waals surface area (Å²) in [5.74, 6) is 0.541. The highest BCUT2D eigenvalue weighted by atomic mass is 16.3. The summed E-state index contributed by atoms with van der Waals surface area (Å²) in [6.45, 7) is 4.41.